The molecule has 0 aliphatic carbocycles. The molecule has 0 radical (unpaired) electrons. The highest BCUT2D eigenvalue weighted by Crippen LogP contribution is 2.43. The monoisotopic (exact) mass is 503 g/mol. The molecule has 1 atom stereocenters. The van der Waals surface area contributed by atoms with Crippen LogP contribution in [0.2, 0.25) is 15.3 Å². The molecule has 6 nitrogen and oxygen atoms in total. The van der Waals surface area contributed by atoms with Crippen LogP contribution < -0.4 is 4.90 Å². The van der Waals surface area contributed by atoms with Crippen LogP contribution in [0.1, 0.15) is 26.2 Å². The Kier molecular flexibility index (Phi) is 6.61. The number of aromatic nitrogens is 2. The predicted molar refractivity (Wildman–Crippen MR) is 130 cm³/mol. The average Bonchev–Trinajstić information content (AvgIpc) is 2.75. The molecule has 2 aromatic carbocycles. The van der Waals surface area contributed by atoms with Crippen molar-refractivity contribution in [2.24, 2.45) is 5.41 Å². The summed E-state index contributed by atoms with van der Waals surface area (Å²) in [6.07, 6.45) is 0.837. The number of anilines is 1. The van der Waals surface area contributed by atoms with Crippen LogP contribution in [-0.2, 0) is 9.59 Å². The van der Waals surface area contributed by atoms with Gasteiger partial charge >= 0.3 is 5.97 Å². The lowest BCUT2D eigenvalue weighted by molar-refractivity contribution is -0.145. The number of halogens is 3. The molecule has 170 valence electrons. The van der Waals surface area contributed by atoms with E-state index in [0.29, 0.717) is 52.1 Å². The fraction of sp³-hybridized carbons (Fsp3) is 0.250. The zero-order valence-corrected chi connectivity index (χ0v) is 20.0. The minimum absolute atomic E-state index is 0.0287. The molecular formula is C24H20Cl3N3O3. The molecule has 2 heterocycles. The Morgan fingerprint density at radius 1 is 1.06 bits per heavy atom. The molecule has 0 saturated carbocycles. The topological polar surface area (TPSA) is 83.4 Å². The maximum absolute atomic E-state index is 13.6. The van der Waals surface area contributed by atoms with Gasteiger partial charge in [0.15, 0.2) is 0 Å². The van der Waals surface area contributed by atoms with Crippen molar-refractivity contribution in [2.75, 3.05) is 11.4 Å². The number of benzene rings is 2. The molecule has 0 spiro atoms. The number of carboxylic acids is 1. The molecule has 1 saturated heterocycles. The van der Waals surface area contributed by atoms with E-state index < -0.39 is 11.4 Å². The lowest BCUT2D eigenvalue weighted by atomic mass is 9.78. The second-order valence-corrected chi connectivity index (χ2v) is 9.46. The second kappa shape index (κ2) is 9.29. The summed E-state index contributed by atoms with van der Waals surface area (Å²) in [6, 6.07) is 14.3. The van der Waals surface area contributed by atoms with Crippen LogP contribution in [0.4, 0.5) is 5.82 Å². The molecule has 1 unspecified atom stereocenters. The maximum Gasteiger partial charge on any atom is 0.304 e. The molecule has 4 rings (SSSR count). The van der Waals surface area contributed by atoms with Crippen LogP contribution in [0, 0.1) is 5.41 Å². The van der Waals surface area contributed by atoms with Crippen molar-refractivity contribution >= 4 is 52.5 Å². The number of carboxylic acid groups (broad SMARTS) is 1. The average molecular weight is 505 g/mol. The fourth-order valence-corrected chi connectivity index (χ4v) is 4.69. The van der Waals surface area contributed by atoms with Gasteiger partial charge in [0.1, 0.15) is 5.82 Å². The van der Waals surface area contributed by atoms with Gasteiger partial charge in [-0.2, -0.15) is 4.98 Å². The molecule has 3 aromatic rings. The second-order valence-electron chi connectivity index (χ2n) is 8.25. The summed E-state index contributed by atoms with van der Waals surface area (Å²) in [5.41, 5.74) is 1.49. The van der Waals surface area contributed by atoms with Gasteiger partial charge in [-0.1, -0.05) is 54.4 Å². The lowest BCUT2D eigenvalue weighted by Gasteiger charge is -2.39. The molecule has 1 fully saturated rings. The van der Waals surface area contributed by atoms with Crippen molar-refractivity contribution in [1.29, 1.82) is 0 Å². The number of amides is 1. The van der Waals surface area contributed by atoms with E-state index in [9.17, 15) is 14.7 Å². The van der Waals surface area contributed by atoms with Crippen molar-refractivity contribution in [2.45, 2.75) is 26.2 Å². The van der Waals surface area contributed by atoms with Crippen LogP contribution in [0.25, 0.3) is 22.4 Å². The number of carbonyl (C=O) groups is 2. The summed E-state index contributed by atoms with van der Waals surface area (Å²) in [6.45, 7) is 2.06. The van der Waals surface area contributed by atoms with Gasteiger partial charge < -0.3 is 5.11 Å². The number of aliphatic carboxylic acids is 1. The molecule has 1 aliphatic heterocycles. The van der Waals surface area contributed by atoms with Gasteiger partial charge in [0.2, 0.25) is 11.2 Å². The number of hydrogen-bond acceptors (Lipinski definition) is 4. The summed E-state index contributed by atoms with van der Waals surface area (Å²) in [4.78, 5) is 35.5. The van der Waals surface area contributed by atoms with E-state index in [4.69, 9.17) is 34.8 Å². The number of nitrogens with zero attached hydrogens (tertiary/aromatic N) is 3. The molecule has 1 amide bonds. The smallest absolute Gasteiger partial charge is 0.304 e. The normalized spacial score (nSPS) is 18.4. The van der Waals surface area contributed by atoms with Gasteiger partial charge in [-0.15, -0.1) is 0 Å². The van der Waals surface area contributed by atoms with Gasteiger partial charge in [0.25, 0.3) is 0 Å². The van der Waals surface area contributed by atoms with Crippen molar-refractivity contribution < 1.29 is 14.7 Å². The van der Waals surface area contributed by atoms with Crippen molar-refractivity contribution in [1.82, 2.24) is 9.97 Å². The van der Waals surface area contributed by atoms with Crippen LogP contribution in [0.3, 0.4) is 0 Å². The van der Waals surface area contributed by atoms with Crippen molar-refractivity contribution in [3.8, 4) is 22.4 Å². The highest BCUT2D eigenvalue weighted by molar-refractivity contribution is 6.31. The fourth-order valence-electron chi connectivity index (χ4n) is 4.21. The van der Waals surface area contributed by atoms with Gasteiger partial charge in [-0.05, 0) is 54.3 Å². The molecule has 1 aromatic heterocycles. The van der Waals surface area contributed by atoms with E-state index in [1.807, 2.05) is 18.2 Å². The number of carbonyl (C=O) groups excluding carboxylic acids is 1. The Balaban J connectivity index is 1.95. The Morgan fingerprint density at radius 2 is 1.79 bits per heavy atom. The van der Waals surface area contributed by atoms with Gasteiger partial charge in [0, 0.05) is 22.2 Å². The SMILES string of the molecule is CC1(CC(=O)O)CCCN(c2nc(Cl)nc(-c3ccc(Cl)cc3)c2-c2cccc(Cl)c2)C1=O. The third-order valence-electron chi connectivity index (χ3n) is 5.76. The first-order valence-corrected chi connectivity index (χ1v) is 11.4. The summed E-state index contributed by atoms with van der Waals surface area (Å²) < 4.78 is 0. The van der Waals surface area contributed by atoms with E-state index in [1.165, 1.54) is 4.90 Å². The van der Waals surface area contributed by atoms with Gasteiger partial charge in [-0.3, -0.25) is 14.5 Å². The van der Waals surface area contributed by atoms with Crippen molar-refractivity contribution in [3.63, 3.8) is 0 Å². The Bertz CT molecular complexity index is 1230. The van der Waals surface area contributed by atoms with E-state index >= 15 is 0 Å². The zero-order valence-electron chi connectivity index (χ0n) is 17.7. The Hall–Kier alpha value is -2.67. The first kappa shape index (κ1) is 23.5. The molecule has 33 heavy (non-hydrogen) atoms. The quantitative estimate of drug-likeness (QED) is 0.408. The minimum Gasteiger partial charge on any atom is -0.481 e. The molecule has 1 aliphatic rings. The van der Waals surface area contributed by atoms with E-state index in [-0.39, 0.29) is 17.6 Å². The van der Waals surface area contributed by atoms with E-state index in [1.54, 1.807) is 37.3 Å². The third-order valence-corrected chi connectivity index (χ3v) is 6.42. The summed E-state index contributed by atoms with van der Waals surface area (Å²) >= 11 is 18.7. The van der Waals surface area contributed by atoms with E-state index in [0.717, 1.165) is 5.56 Å². The molecule has 0 bridgehead atoms. The van der Waals surface area contributed by atoms with Crippen LogP contribution in [-0.4, -0.2) is 33.5 Å². The number of rotatable bonds is 5. The highest BCUT2D eigenvalue weighted by atomic mass is 35.5. The Labute approximate surface area is 206 Å². The zero-order chi connectivity index (χ0) is 23.8. The predicted octanol–water partition coefficient (Wildman–Crippen LogP) is 6.38. The minimum atomic E-state index is -1.05. The molecular weight excluding hydrogens is 485 g/mol. The summed E-state index contributed by atoms with van der Waals surface area (Å²) in [5.74, 6) is -1.01. The standard InChI is InChI=1S/C24H20Cl3N3O3/c1-24(13-18(31)32)10-3-11-30(22(24)33)21-19(15-4-2-5-17(26)12-15)20(28-23(27)29-21)14-6-8-16(25)9-7-14/h2,4-9,12H,3,10-11,13H2,1H3,(H,31,32). The van der Waals surface area contributed by atoms with Gasteiger partial charge in [0.05, 0.1) is 23.1 Å². The lowest BCUT2D eigenvalue weighted by Crippen LogP contribution is -2.49. The van der Waals surface area contributed by atoms with Crippen LogP contribution >= 0.6 is 34.8 Å². The van der Waals surface area contributed by atoms with Crippen LogP contribution in [0.5, 0.6) is 0 Å². The summed E-state index contributed by atoms with van der Waals surface area (Å²) in [5, 5.41) is 10.4. The first-order chi connectivity index (χ1) is 15.7. The number of piperidine rings is 1. The highest BCUT2D eigenvalue weighted by Gasteiger charge is 2.43. The Morgan fingerprint density at radius 3 is 2.45 bits per heavy atom. The third kappa shape index (κ3) is 4.83. The summed E-state index contributed by atoms with van der Waals surface area (Å²) in [7, 11) is 0. The first-order valence-electron chi connectivity index (χ1n) is 10.3. The molecule has 9 heteroatoms. The van der Waals surface area contributed by atoms with Gasteiger partial charge in [-0.25, -0.2) is 4.98 Å². The van der Waals surface area contributed by atoms with Crippen LogP contribution in [0.15, 0.2) is 48.5 Å². The largest absolute Gasteiger partial charge is 0.481 e. The molecule has 1 N–H and O–H groups in total. The maximum atomic E-state index is 13.6. The van der Waals surface area contributed by atoms with Crippen molar-refractivity contribution in [3.05, 3.63) is 63.9 Å². The van der Waals surface area contributed by atoms with E-state index in [2.05, 4.69) is 9.97 Å². The number of hydrogen-bond donors (Lipinski definition) is 1.